The van der Waals surface area contributed by atoms with Crippen LogP contribution in [0.1, 0.15) is 60.8 Å². The van der Waals surface area contributed by atoms with E-state index < -0.39 is 0 Å². The third-order valence-electron chi connectivity index (χ3n) is 5.92. The molecule has 1 heterocycles. The summed E-state index contributed by atoms with van der Waals surface area (Å²) in [4.78, 5) is 4.70. The van der Waals surface area contributed by atoms with Crippen molar-refractivity contribution in [1.82, 2.24) is 4.98 Å². The Morgan fingerprint density at radius 1 is 1.11 bits per heavy atom. The lowest BCUT2D eigenvalue weighted by Crippen LogP contribution is -2.03. The molecular weight excluding hydrogens is 346 g/mol. The van der Waals surface area contributed by atoms with E-state index in [9.17, 15) is 0 Å². The highest BCUT2D eigenvalue weighted by atomic mass is 16.5. The normalized spacial score (nSPS) is 15.6. The van der Waals surface area contributed by atoms with Gasteiger partial charge in [-0.2, -0.15) is 0 Å². The first-order valence-corrected chi connectivity index (χ1v) is 10.5. The summed E-state index contributed by atoms with van der Waals surface area (Å²) >= 11 is 0. The van der Waals surface area contributed by atoms with Crippen LogP contribution in [0.5, 0.6) is 5.75 Å². The molecule has 0 N–H and O–H groups in total. The first kappa shape index (κ1) is 18.8. The second kappa shape index (κ2) is 8.22. The van der Waals surface area contributed by atoms with Gasteiger partial charge in [-0.3, -0.25) is 0 Å². The number of oxazole rings is 1. The summed E-state index contributed by atoms with van der Waals surface area (Å²) in [7, 11) is 0. The van der Waals surface area contributed by atoms with Gasteiger partial charge in [-0.15, -0.1) is 0 Å². The fraction of sp³-hybridized carbons (Fsp3) is 0.400. The highest BCUT2D eigenvalue weighted by Crippen LogP contribution is 2.37. The van der Waals surface area contributed by atoms with Crippen LogP contribution >= 0.6 is 0 Å². The van der Waals surface area contributed by atoms with Crippen molar-refractivity contribution < 1.29 is 9.15 Å². The average molecular weight is 376 g/mol. The lowest BCUT2D eigenvalue weighted by Gasteiger charge is -2.10. The summed E-state index contributed by atoms with van der Waals surface area (Å²) in [5.74, 6) is 3.26. The fourth-order valence-corrected chi connectivity index (χ4v) is 4.13. The van der Waals surface area contributed by atoms with E-state index in [1.165, 1.54) is 36.0 Å². The van der Waals surface area contributed by atoms with E-state index in [2.05, 4.69) is 56.3 Å². The van der Waals surface area contributed by atoms with Crippen LogP contribution in [-0.4, -0.2) is 11.6 Å². The van der Waals surface area contributed by atoms with Gasteiger partial charge in [0.1, 0.15) is 11.5 Å². The summed E-state index contributed by atoms with van der Waals surface area (Å²) in [6, 6.07) is 15.0. The number of ether oxygens (including phenoxy) is 1. The lowest BCUT2D eigenvalue weighted by molar-refractivity contribution is 0.319. The second-order valence-electron chi connectivity index (χ2n) is 7.68. The van der Waals surface area contributed by atoms with Crippen LogP contribution in [0.25, 0.3) is 11.5 Å². The highest BCUT2D eigenvalue weighted by Gasteiger charge is 2.21. The maximum absolute atomic E-state index is 6.02. The zero-order chi connectivity index (χ0) is 19.5. The SMILES string of the molecule is CCc1ccc(-c2nc(CCOc3ccc4c(c3)CCC4CC)c(C)o2)cc1. The van der Waals surface area contributed by atoms with Gasteiger partial charge in [0.15, 0.2) is 0 Å². The minimum Gasteiger partial charge on any atom is -0.493 e. The molecule has 0 aliphatic heterocycles. The molecule has 0 saturated carbocycles. The second-order valence-corrected chi connectivity index (χ2v) is 7.68. The summed E-state index contributed by atoms with van der Waals surface area (Å²) in [6.07, 6.45) is 5.46. The molecule has 0 bridgehead atoms. The Morgan fingerprint density at radius 3 is 2.68 bits per heavy atom. The smallest absolute Gasteiger partial charge is 0.226 e. The molecular formula is C25H29NO2. The van der Waals surface area contributed by atoms with Crippen molar-refractivity contribution in [1.29, 1.82) is 0 Å². The van der Waals surface area contributed by atoms with Crippen molar-refractivity contribution in [2.45, 2.75) is 58.8 Å². The van der Waals surface area contributed by atoms with E-state index in [0.717, 1.165) is 41.5 Å². The topological polar surface area (TPSA) is 35.3 Å². The van der Waals surface area contributed by atoms with Crippen LogP contribution in [0.15, 0.2) is 46.9 Å². The average Bonchev–Trinajstić information content (AvgIpc) is 3.31. The number of rotatable bonds is 7. The number of aryl methyl sites for hydroxylation is 3. The minimum absolute atomic E-state index is 0.609. The number of fused-ring (bicyclic) bond motifs is 1. The van der Waals surface area contributed by atoms with E-state index in [0.29, 0.717) is 12.5 Å². The molecule has 3 aromatic rings. The van der Waals surface area contributed by atoms with Gasteiger partial charge in [-0.05, 0) is 79.5 Å². The molecule has 3 nitrogen and oxygen atoms in total. The number of benzene rings is 2. The Bertz CT molecular complexity index is 940. The van der Waals surface area contributed by atoms with Gasteiger partial charge in [0.25, 0.3) is 0 Å². The van der Waals surface area contributed by atoms with E-state index in [1.807, 2.05) is 6.92 Å². The van der Waals surface area contributed by atoms with Crippen LogP contribution in [0, 0.1) is 6.92 Å². The molecule has 4 rings (SSSR count). The molecule has 0 radical (unpaired) electrons. The monoisotopic (exact) mass is 375 g/mol. The molecule has 28 heavy (non-hydrogen) atoms. The van der Waals surface area contributed by atoms with Crippen LogP contribution in [-0.2, 0) is 19.3 Å². The molecule has 1 atom stereocenters. The maximum atomic E-state index is 6.02. The first-order valence-electron chi connectivity index (χ1n) is 10.5. The van der Waals surface area contributed by atoms with Crippen LogP contribution in [0.3, 0.4) is 0 Å². The predicted octanol–water partition coefficient (Wildman–Crippen LogP) is 6.27. The zero-order valence-electron chi connectivity index (χ0n) is 17.1. The van der Waals surface area contributed by atoms with E-state index in [4.69, 9.17) is 14.1 Å². The highest BCUT2D eigenvalue weighted by molar-refractivity contribution is 5.54. The lowest BCUT2D eigenvalue weighted by atomic mass is 9.99. The largest absolute Gasteiger partial charge is 0.493 e. The molecule has 0 saturated heterocycles. The Labute approximate surface area is 167 Å². The summed E-state index contributed by atoms with van der Waals surface area (Å²) in [5.41, 5.74) is 6.29. The molecule has 0 amide bonds. The van der Waals surface area contributed by atoms with Gasteiger partial charge in [0, 0.05) is 12.0 Å². The van der Waals surface area contributed by atoms with Gasteiger partial charge >= 0.3 is 0 Å². The number of hydrogen-bond donors (Lipinski definition) is 0. The number of nitrogens with zero attached hydrogens (tertiary/aromatic N) is 1. The Balaban J connectivity index is 1.38. The molecule has 146 valence electrons. The molecule has 3 heteroatoms. The van der Waals surface area contributed by atoms with E-state index >= 15 is 0 Å². The molecule has 2 aromatic carbocycles. The maximum Gasteiger partial charge on any atom is 0.226 e. The number of hydrogen-bond acceptors (Lipinski definition) is 3. The van der Waals surface area contributed by atoms with Crippen molar-refractivity contribution >= 4 is 0 Å². The van der Waals surface area contributed by atoms with Crippen molar-refractivity contribution in [3.63, 3.8) is 0 Å². The summed E-state index contributed by atoms with van der Waals surface area (Å²) < 4.78 is 11.9. The van der Waals surface area contributed by atoms with Gasteiger partial charge < -0.3 is 9.15 Å². The van der Waals surface area contributed by atoms with Gasteiger partial charge in [-0.25, -0.2) is 4.98 Å². The van der Waals surface area contributed by atoms with Crippen molar-refractivity contribution in [2.75, 3.05) is 6.61 Å². The molecule has 1 aliphatic carbocycles. The Morgan fingerprint density at radius 2 is 1.93 bits per heavy atom. The zero-order valence-corrected chi connectivity index (χ0v) is 17.1. The Hall–Kier alpha value is -2.55. The molecule has 0 fully saturated rings. The van der Waals surface area contributed by atoms with Crippen LogP contribution < -0.4 is 4.74 Å². The first-order chi connectivity index (χ1) is 13.7. The predicted molar refractivity (Wildman–Crippen MR) is 113 cm³/mol. The molecule has 1 aromatic heterocycles. The van der Waals surface area contributed by atoms with Crippen molar-refractivity contribution in [3.8, 4) is 17.2 Å². The summed E-state index contributed by atoms with van der Waals surface area (Å²) in [6.45, 7) is 7.02. The standard InChI is InChI=1S/C25H29NO2/c1-4-18-6-8-20(9-7-18)25-26-24(17(3)28-25)14-15-27-22-12-13-23-19(5-2)10-11-21(23)16-22/h6-9,12-13,16,19H,4-5,10-11,14-15H2,1-3H3. The van der Waals surface area contributed by atoms with E-state index in [1.54, 1.807) is 0 Å². The Kier molecular flexibility index (Phi) is 5.52. The van der Waals surface area contributed by atoms with Crippen molar-refractivity contribution in [3.05, 3.63) is 70.6 Å². The summed E-state index contributed by atoms with van der Waals surface area (Å²) in [5, 5.41) is 0. The van der Waals surface area contributed by atoms with Gasteiger partial charge in [0.05, 0.1) is 12.3 Å². The van der Waals surface area contributed by atoms with Crippen LogP contribution in [0.4, 0.5) is 0 Å². The van der Waals surface area contributed by atoms with Gasteiger partial charge in [0.2, 0.25) is 5.89 Å². The van der Waals surface area contributed by atoms with Gasteiger partial charge in [-0.1, -0.05) is 32.0 Å². The molecule has 1 aliphatic rings. The minimum atomic E-state index is 0.609. The molecule has 1 unspecified atom stereocenters. The quantitative estimate of drug-likeness (QED) is 0.488. The fourth-order valence-electron chi connectivity index (χ4n) is 4.13. The third-order valence-corrected chi connectivity index (χ3v) is 5.92. The third kappa shape index (κ3) is 3.84. The van der Waals surface area contributed by atoms with Crippen LogP contribution in [0.2, 0.25) is 0 Å². The molecule has 0 spiro atoms. The van der Waals surface area contributed by atoms with Crippen molar-refractivity contribution in [2.24, 2.45) is 0 Å². The van der Waals surface area contributed by atoms with E-state index in [-0.39, 0.29) is 0 Å². The number of aromatic nitrogens is 1.